The van der Waals surface area contributed by atoms with Gasteiger partial charge in [0.15, 0.2) is 0 Å². The fraction of sp³-hybridized carbons (Fsp3) is 0.917. The lowest BCUT2D eigenvalue weighted by Gasteiger charge is -2.28. The highest BCUT2D eigenvalue weighted by molar-refractivity contribution is 7.81. The first-order valence-electron chi connectivity index (χ1n) is 5.90. The van der Waals surface area contributed by atoms with E-state index in [0.29, 0.717) is 11.8 Å². The van der Waals surface area contributed by atoms with Gasteiger partial charge in [-0.25, -0.2) is 0 Å². The van der Waals surface area contributed by atoms with Gasteiger partial charge in [-0.3, -0.25) is 4.79 Å². The van der Waals surface area contributed by atoms with Crippen molar-refractivity contribution in [1.82, 2.24) is 4.90 Å². The normalized spacial score (nSPS) is 15.1. The van der Waals surface area contributed by atoms with Gasteiger partial charge in [-0.1, -0.05) is 34.1 Å². The number of amides is 1. The van der Waals surface area contributed by atoms with Crippen LogP contribution >= 0.6 is 12.6 Å². The van der Waals surface area contributed by atoms with Crippen LogP contribution in [0.1, 0.15) is 41.0 Å². The molecule has 2 atom stereocenters. The summed E-state index contributed by atoms with van der Waals surface area (Å²) in [6.45, 7) is 12.1. The molecule has 0 radical (unpaired) electrons. The van der Waals surface area contributed by atoms with E-state index in [0.717, 1.165) is 19.5 Å². The molecule has 15 heavy (non-hydrogen) atoms. The van der Waals surface area contributed by atoms with Gasteiger partial charge in [0.2, 0.25) is 5.91 Å². The number of carbonyl (C=O) groups excluding carboxylic acids is 1. The largest absolute Gasteiger partial charge is 0.342 e. The monoisotopic (exact) mass is 231 g/mol. The summed E-state index contributed by atoms with van der Waals surface area (Å²) in [5.74, 6) is 1.05. The Hall–Kier alpha value is -0.180. The number of hydrogen-bond acceptors (Lipinski definition) is 2. The van der Waals surface area contributed by atoms with Crippen LogP contribution in [0.25, 0.3) is 0 Å². The minimum atomic E-state index is -0.158. The third kappa shape index (κ3) is 4.92. The Labute approximate surface area is 99.8 Å². The predicted octanol–water partition coefficient (Wildman–Crippen LogP) is 2.84. The van der Waals surface area contributed by atoms with Gasteiger partial charge in [0, 0.05) is 13.1 Å². The van der Waals surface area contributed by atoms with Gasteiger partial charge >= 0.3 is 0 Å². The maximum Gasteiger partial charge on any atom is 0.235 e. The minimum Gasteiger partial charge on any atom is -0.342 e. The lowest BCUT2D eigenvalue weighted by atomic mass is 10.1. The van der Waals surface area contributed by atoms with E-state index >= 15 is 0 Å². The molecule has 0 fully saturated rings. The minimum absolute atomic E-state index is 0.158. The van der Waals surface area contributed by atoms with Crippen molar-refractivity contribution in [2.75, 3.05) is 13.1 Å². The van der Waals surface area contributed by atoms with Crippen molar-refractivity contribution in [3.63, 3.8) is 0 Å². The van der Waals surface area contributed by atoms with Crippen molar-refractivity contribution in [2.45, 2.75) is 46.3 Å². The Balaban J connectivity index is 4.34. The van der Waals surface area contributed by atoms with Crippen molar-refractivity contribution >= 4 is 18.5 Å². The molecule has 0 aromatic carbocycles. The molecule has 0 aliphatic rings. The Kier molecular flexibility index (Phi) is 7.07. The molecule has 2 unspecified atom stereocenters. The van der Waals surface area contributed by atoms with Gasteiger partial charge in [-0.05, 0) is 18.8 Å². The first kappa shape index (κ1) is 14.8. The van der Waals surface area contributed by atoms with Crippen LogP contribution in [0.4, 0.5) is 0 Å². The molecule has 0 spiro atoms. The molecule has 2 nitrogen and oxygen atoms in total. The van der Waals surface area contributed by atoms with Crippen LogP contribution in [0.15, 0.2) is 0 Å². The molecule has 0 saturated heterocycles. The fourth-order valence-electron chi connectivity index (χ4n) is 1.35. The zero-order valence-electron chi connectivity index (χ0n) is 10.7. The second-order valence-corrected chi connectivity index (χ2v) is 5.14. The van der Waals surface area contributed by atoms with Gasteiger partial charge in [-0.15, -0.1) is 0 Å². The van der Waals surface area contributed by atoms with Gasteiger partial charge in [0.1, 0.15) is 0 Å². The molecule has 3 heteroatoms. The number of carbonyl (C=O) groups is 1. The first-order valence-corrected chi connectivity index (χ1v) is 6.42. The summed E-state index contributed by atoms with van der Waals surface area (Å²) in [5, 5.41) is -0.158. The van der Waals surface area contributed by atoms with Crippen LogP contribution in [-0.2, 0) is 4.79 Å². The Bertz CT molecular complexity index is 194. The zero-order valence-corrected chi connectivity index (χ0v) is 11.6. The summed E-state index contributed by atoms with van der Waals surface area (Å²) in [5.41, 5.74) is 0. The molecule has 0 rings (SSSR count). The Morgan fingerprint density at radius 3 is 2.13 bits per heavy atom. The van der Waals surface area contributed by atoms with Crippen LogP contribution < -0.4 is 0 Å². The highest BCUT2D eigenvalue weighted by Crippen LogP contribution is 2.14. The smallest absolute Gasteiger partial charge is 0.235 e. The predicted molar refractivity (Wildman–Crippen MR) is 69.3 cm³/mol. The average Bonchev–Trinajstić information content (AvgIpc) is 2.23. The maximum absolute atomic E-state index is 12.0. The van der Waals surface area contributed by atoms with Crippen LogP contribution in [-0.4, -0.2) is 29.1 Å². The zero-order chi connectivity index (χ0) is 12.0. The second kappa shape index (κ2) is 7.15. The third-order valence-corrected chi connectivity index (χ3v) is 3.62. The molecular weight excluding hydrogens is 206 g/mol. The van der Waals surface area contributed by atoms with E-state index in [1.165, 1.54) is 0 Å². The molecular formula is C12H25NOS. The van der Waals surface area contributed by atoms with E-state index in [1.54, 1.807) is 0 Å². The Morgan fingerprint density at radius 1 is 1.27 bits per heavy atom. The molecule has 0 aromatic heterocycles. The van der Waals surface area contributed by atoms with Gasteiger partial charge < -0.3 is 4.90 Å². The molecule has 90 valence electrons. The second-order valence-electron chi connectivity index (χ2n) is 4.58. The van der Waals surface area contributed by atoms with Crippen molar-refractivity contribution in [3.05, 3.63) is 0 Å². The number of nitrogens with zero attached hydrogens (tertiary/aromatic N) is 1. The highest BCUT2D eigenvalue weighted by Gasteiger charge is 2.23. The van der Waals surface area contributed by atoms with Gasteiger partial charge in [-0.2, -0.15) is 12.6 Å². The number of hydrogen-bond donors (Lipinski definition) is 1. The van der Waals surface area contributed by atoms with Crippen molar-refractivity contribution < 1.29 is 4.79 Å². The van der Waals surface area contributed by atoms with Crippen LogP contribution in [0.5, 0.6) is 0 Å². The lowest BCUT2D eigenvalue weighted by molar-refractivity contribution is -0.131. The maximum atomic E-state index is 12.0. The molecule has 0 aromatic rings. The number of rotatable bonds is 6. The highest BCUT2D eigenvalue weighted by atomic mass is 32.1. The molecule has 0 aliphatic carbocycles. The molecule has 0 heterocycles. The molecule has 0 N–H and O–H groups in total. The summed E-state index contributed by atoms with van der Waals surface area (Å²) >= 11 is 4.37. The standard InChI is InChI=1S/C12H25NOS/c1-6-10(5)8-13(7-2)12(14)11(15)9(3)4/h9-11,15H,6-8H2,1-5H3. The lowest BCUT2D eigenvalue weighted by Crippen LogP contribution is -2.41. The summed E-state index contributed by atoms with van der Waals surface area (Å²) in [6.07, 6.45) is 1.11. The van der Waals surface area contributed by atoms with E-state index in [2.05, 4.69) is 26.5 Å². The quantitative estimate of drug-likeness (QED) is 0.697. The van der Waals surface area contributed by atoms with E-state index in [9.17, 15) is 4.79 Å². The van der Waals surface area contributed by atoms with Crippen molar-refractivity contribution in [2.24, 2.45) is 11.8 Å². The van der Waals surface area contributed by atoms with E-state index in [4.69, 9.17) is 0 Å². The number of thiol groups is 1. The topological polar surface area (TPSA) is 20.3 Å². The summed E-state index contributed by atoms with van der Waals surface area (Å²) in [7, 11) is 0. The summed E-state index contributed by atoms with van der Waals surface area (Å²) in [6, 6.07) is 0. The van der Waals surface area contributed by atoms with Gasteiger partial charge in [0.25, 0.3) is 0 Å². The molecule has 0 saturated carbocycles. The van der Waals surface area contributed by atoms with E-state index in [1.807, 2.05) is 25.7 Å². The van der Waals surface area contributed by atoms with Crippen molar-refractivity contribution in [3.8, 4) is 0 Å². The van der Waals surface area contributed by atoms with Crippen LogP contribution in [0, 0.1) is 11.8 Å². The van der Waals surface area contributed by atoms with Crippen LogP contribution in [0.2, 0.25) is 0 Å². The third-order valence-electron chi connectivity index (χ3n) is 2.81. The summed E-state index contributed by atoms with van der Waals surface area (Å²) in [4.78, 5) is 13.9. The molecule has 0 bridgehead atoms. The summed E-state index contributed by atoms with van der Waals surface area (Å²) < 4.78 is 0. The SMILES string of the molecule is CCC(C)CN(CC)C(=O)C(S)C(C)C. The van der Waals surface area contributed by atoms with Crippen LogP contribution in [0.3, 0.4) is 0 Å². The van der Waals surface area contributed by atoms with E-state index in [-0.39, 0.29) is 11.2 Å². The first-order chi connectivity index (χ1) is 6.93. The van der Waals surface area contributed by atoms with E-state index < -0.39 is 0 Å². The van der Waals surface area contributed by atoms with Crippen molar-refractivity contribution in [1.29, 1.82) is 0 Å². The van der Waals surface area contributed by atoms with Gasteiger partial charge in [0.05, 0.1) is 5.25 Å². The fourth-order valence-corrected chi connectivity index (χ4v) is 1.52. The average molecular weight is 231 g/mol. The molecule has 1 amide bonds. The molecule has 0 aliphatic heterocycles. The Morgan fingerprint density at radius 2 is 1.80 bits per heavy atom.